The fourth-order valence-corrected chi connectivity index (χ4v) is 1.69. The molecule has 0 aliphatic carbocycles. The molecule has 0 atom stereocenters. The van der Waals surface area contributed by atoms with Gasteiger partial charge in [0, 0.05) is 12.3 Å². The van der Waals surface area contributed by atoms with Crippen molar-refractivity contribution in [3.63, 3.8) is 0 Å². The van der Waals surface area contributed by atoms with Gasteiger partial charge in [-0.15, -0.1) is 0 Å². The zero-order valence-corrected chi connectivity index (χ0v) is 10.4. The number of nitro benzene ring substituents is 1. The van der Waals surface area contributed by atoms with E-state index in [-0.39, 0.29) is 18.2 Å². The number of hydrogen-bond acceptors (Lipinski definition) is 7. The van der Waals surface area contributed by atoms with E-state index in [2.05, 4.69) is 9.51 Å². The van der Waals surface area contributed by atoms with E-state index in [4.69, 9.17) is 14.5 Å². The Morgan fingerprint density at radius 1 is 1.37 bits per heavy atom. The molecule has 2 rings (SSSR count). The number of nitro groups is 1. The molecule has 0 amide bonds. The average molecular weight is 284 g/mol. The molecule has 9 heteroatoms. The summed E-state index contributed by atoms with van der Waals surface area (Å²) in [5.74, 6) is 0.262. The van der Waals surface area contributed by atoms with Gasteiger partial charge in [0.05, 0.1) is 10.3 Å². The summed E-state index contributed by atoms with van der Waals surface area (Å²) in [6.07, 6.45) is 1.48. The standard InChI is InChI=1S/C10H9N2O6P/c13-12(14)8-3-4-9(17-6-18-19(15)16)10-7(8)2-1-5-11-10/h1-5,15-16H,6H2. The minimum atomic E-state index is -2.51. The van der Waals surface area contributed by atoms with Crippen LogP contribution in [-0.2, 0) is 4.52 Å². The number of non-ortho nitro benzene ring substituents is 1. The largest absolute Gasteiger partial charge is 0.465 e. The van der Waals surface area contributed by atoms with Gasteiger partial charge in [0.15, 0.2) is 6.79 Å². The molecule has 19 heavy (non-hydrogen) atoms. The van der Waals surface area contributed by atoms with Crippen LogP contribution in [0.1, 0.15) is 0 Å². The Balaban J connectivity index is 2.36. The normalized spacial score (nSPS) is 10.9. The monoisotopic (exact) mass is 284 g/mol. The van der Waals surface area contributed by atoms with Gasteiger partial charge in [0.2, 0.25) is 0 Å². The van der Waals surface area contributed by atoms with Crippen LogP contribution in [0.15, 0.2) is 30.5 Å². The highest BCUT2D eigenvalue weighted by Gasteiger charge is 2.15. The zero-order chi connectivity index (χ0) is 13.8. The minimum Gasteiger partial charge on any atom is -0.465 e. The summed E-state index contributed by atoms with van der Waals surface area (Å²) in [4.78, 5) is 31.5. The van der Waals surface area contributed by atoms with Crippen LogP contribution in [0.5, 0.6) is 5.75 Å². The second kappa shape index (κ2) is 5.85. The van der Waals surface area contributed by atoms with Gasteiger partial charge in [0.25, 0.3) is 5.69 Å². The maximum atomic E-state index is 10.9. The minimum absolute atomic E-state index is 0.0806. The average Bonchev–Trinajstić information content (AvgIpc) is 2.38. The molecule has 0 aliphatic heterocycles. The summed E-state index contributed by atoms with van der Waals surface area (Å²) in [5.41, 5.74) is 0.225. The molecule has 1 aromatic heterocycles. The Hall–Kier alpha value is -1.86. The molecular formula is C10H9N2O6P. The molecule has 0 saturated carbocycles. The number of nitrogens with zero attached hydrogens (tertiary/aromatic N) is 2. The van der Waals surface area contributed by atoms with Gasteiger partial charge < -0.3 is 14.5 Å². The maximum absolute atomic E-state index is 10.9. The number of hydrogen-bond donors (Lipinski definition) is 2. The third kappa shape index (κ3) is 3.12. The number of fused-ring (bicyclic) bond motifs is 1. The van der Waals surface area contributed by atoms with Crippen molar-refractivity contribution in [2.75, 3.05) is 6.79 Å². The third-order valence-corrected chi connectivity index (χ3v) is 2.63. The van der Waals surface area contributed by atoms with E-state index in [1.54, 1.807) is 12.1 Å². The van der Waals surface area contributed by atoms with Crippen LogP contribution in [0.3, 0.4) is 0 Å². The van der Waals surface area contributed by atoms with Gasteiger partial charge in [-0.2, -0.15) is 0 Å². The first-order valence-corrected chi connectivity index (χ1v) is 6.22. The Kier molecular flexibility index (Phi) is 4.18. The quantitative estimate of drug-likeness (QED) is 0.371. The van der Waals surface area contributed by atoms with Crippen molar-refractivity contribution < 1.29 is 24.0 Å². The fraction of sp³-hybridized carbons (Fsp3) is 0.100. The molecule has 2 N–H and O–H groups in total. The third-order valence-electron chi connectivity index (χ3n) is 2.29. The van der Waals surface area contributed by atoms with Gasteiger partial charge >= 0.3 is 8.60 Å². The lowest BCUT2D eigenvalue weighted by atomic mass is 10.1. The van der Waals surface area contributed by atoms with Gasteiger partial charge in [-0.25, -0.2) is 0 Å². The molecule has 0 radical (unpaired) electrons. The van der Waals surface area contributed by atoms with Crippen LogP contribution in [0, 0.1) is 10.1 Å². The Morgan fingerprint density at radius 2 is 2.16 bits per heavy atom. The van der Waals surface area contributed by atoms with Crippen molar-refractivity contribution in [1.82, 2.24) is 4.98 Å². The number of benzene rings is 1. The van der Waals surface area contributed by atoms with E-state index < -0.39 is 13.5 Å². The Morgan fingerprint density at radius 3 is 2.84 bits per heavy atom. The number of aromatic nitrogens is 1. The summed E-state index contributed by atoms with van der Waals surface area (Å²) < 4.78 is 9.62. The van der Waals surface area contributed by atoms with Crippen LogP contribution in [0.4, 0.5) is 5.69 Å². The summed E-state index contributed by atoms with van der Waals surface area (Å²) >= 11 is 0. The lowest BCUT2D eigenvalue weighted by Crippen LogP contribution is -2.01. The number of ether oxygens (including phenoxy) is 1. The van der Waals surface area contributed by atoms with E-state index in [9.17, 15) is 10.1 Å². The predicted octanol–water partition coefficient (Wildman–Crippen LogP) is 1.71. The molecule has 0 unspecified atom stereocenters. The highest BCUT2D eigenvalue weighted by Crippen LogP contribution is 2.32. The summed E-state index contributed by atoms with van der Waals surface area (Å²) in [6, 6.07) is 5.81. The molecule has 0 spiro atoms. The number of rotatable bonds is 5. The molecule has 1 heterocycles. The second-order valence-electron chi connectivity index (χ2n) is 3.38. The van der Waals surface area contributed by atoms with Crippen molar-refractivity contribution in [2.24, 2.45) is 0 Å². The lowest BCUT2D eigenvalue weighted by Gasteiger charge is -2.09. The summed E-state index contributed by atoms with van der Waals surface area (Å²) in [6.45, 7) is -0.387. The predicted molar refractivity (Wildman–Crippen MR) is 66.3 cm³/mol. The molecule has 8 nitrogen and oxygen atoms in total. The van der Waals surface area contributed by atoms with Crippen LogP contribution in [0.2, 0.25) is 0 Å². The van der Waals surface area contributed by atoms with Gasteiger partial charge in [-0.1, -0.05) is 0 Å². The van der Waals surface area contributed by atoms with E-state index in [0.29, 0.717) is 10.9 Å². The lowest BCUT2D eigenvalue weighted by molar-refractivity contribution is -0.383. The van der Waals surface area contributed by atoms with Crippen LogP contribution in [-0.4, -0.2) is 26.5 Å². The first-order valence-electron chi connectivity index (χ1n) is 5.05. The topological polar surface area (TPSA) is 115 Å². The first-order chi connectivity index (χ1) is 9.09. The summed E-state index contributed by atoms with van der Waals surface area (Å²) in [7, 11) is -2.51. The molecule has 0 saturated heterocycles. The zero-order valence-electron chi connectivity index (χ0n) is 9.46. The Labute approximate surface area is 108 Å². The SMILES string of the molecule is O=[N+]([O-])c1ccc(OCOP(O)O)c2ncccc12. The highest BCUT2D eigenvalue weighted by molar-refractivity contribution is 7.39. The molecule has 2 aromatic rings. The Bertz CT molecular complexity index is 606. The van der Waals surface area contributed by atoms with Crippen LogP contribution in [0.25, 0.3) is 10.9 Å². The van der Waals surface area contributed by atoms with Crippen molar-refractivity contribution in [1.29, 1.82) is 0 Å². The molecular weight excluding hydrogens is 275 g/mol. The summed E-state index contributed by atoms with van der Waals surface area (Å²) in [5, 5.41) is 11.2. The molecule has 100 valence electrons. The number of pyridine rings is 1. The van der Waals surface area contributed by atoms with Crippen molar-refractivity contribution in [2.45, 2.75) is 0 Å². The first kappa shape index (κ1) is 13.6. The van der Waals surface area contributed by atoms with Crippen molar-refractivity contribution in [3.05, 3.63) is 40.6 Å². The second-order valence-corrected chi connectivity index (χ2v) is 4.15. The van der Waals surface area contributed by atoms with Crippen LogP contribution < -0.4 is 4.74 Å². The molecule has 0 aliphatic rings. The maximum Gasteiger partial charge on any atom is 0.330 e. The van der Waals surface area contributed by atoms with Crippen LogP contribution >= 0.6 is 8.60 Å². The van der Waals surface area contributed by atoms with E-state index in [1.165, 1.54) is 18.3 Å². The molecule has 1 aromatic carbocycles. The van der Waals surface area contributed by atoms with Gasteiger partial charge in [0.1, 0.15) is 11.3 Å². The van der Waals surface area contributed by atoms with Gasteiger partial charge in [-0.05, 0) is 18.2 Å². The molecule has 0 fully saturated rings. The van der Waals surface area contributed by atoms with Crippen molar-refractivity contribution >= 4 is 25.2 Å². The van der Waals surface area contributed by atoms with E-state index >= 15 is 0 Å². The van der Waals surface area contributed by atoms with Crippen molar-refractivity contribution in [3.8, 4) is 5.75 Å². The highest BCUT2D eigenvalue weighted by atomic mass is 31.2. The smallest absolute Gasteiger partial charge is 0.330 e. The fourth-order valence-electron chi connectivity index (χ4n) is 1.54. The molecule has 0 bridgehead atoms. The van der Waals surface area contributed by atoms with Gasteiger partial charge in [-0.3, -0.25) is 19.6 Å². The van der Waals surface area contributed by atoms with E-state index in [1.807, 2.05) is 0 Å². The van der Waals surface area contributed by atoms with E-state index in [0.717, 1.165) is 0 Å².